The van der Waals surface area contributed by atoms with E-state index in [4.69, 9.17) is 19.2 Å². The standard InChI is InChI=1S/C27H18N2O3.Pt/c1-2-12-23-18(7-1)16-24-26(23)29-27(32-24)19-8-5-9-20(15-19)30-21-10-6-11-22(17-21)31-25-13-3-4-14-28-25;/h1-14,24,26H,16H2;/q-2;+2/t24-,26+;/m0./s1. The Balaban J connectivity index is 0.00000228. The summed E-state index contributed by atoms with van der Waals surface area (Å²) >= 11 is 0. The van der Waals surface area contributed by atoms with Gasteiger partial charge in [-0.2, -0.15) is 6.07 Å². The van der Waals surface area contributed by atoms with Crippen molar-refractivity contribution in [2.24, 2.45) is 4.99 Å². The average Bonchev–Trinajstić information content (AvgIpc) is 3.39. The molecule has 2 aliphatic rings. The Hall–Kier alpha value is -3.43. The van der Waals surface area contributed by atoms with E-state index in [0.29, 0.717) is 29.0 Å². The van der Waals surface area contributed by atoms with Crippen molar-refractivity contribution in [2.45, 2.75) is 18.6 Å². The molecule has 0 saturated heterocycles. The summed E-state index contributed by atoms with van der Waals surface area (Å²) in [6.45, 7) is 0. The van der Waals surface area contributed by atoms with Crippen LogP contribution in [0.2, 0.25) is 0 Å². The van der Waals surface area contributed by atoms with Crippen LogP contribution >= 0.6 is 0 Å². The van der Waals surface area contributed by atoms with Gasteiger partial charge in [0.25, 0.3) is 0 Å². The Kier molecular flexibility index (Phi) is 5.97. The monoisotopic (exact) mass is 613 g/mol. The van der Waals surface area contributed by atoms with Crippen molar-refractivity contribution >= 4 is 5.90 Å². The normalized spacial score (nSPS) is 17.8. The smallest absolute Gasteiger partial charge is 0.514 e. The third kappa shape index (κ3) is 4.42. The van der Waals surface area contributed by atoms with Crippen LogP contribution < -0.4 is 9.47 Å². The number of aliphatic imine (C=N–C) groups is 1. The van der Waals surface area contributed by atoms with E-state index in [9.17, 15) is 0 Å². The second kappa shape index (κ2) is 9.20. The van der Waals surface area contributed by atoms with Gasteiger partial charge in [0.2, 0.25) is 5.88 Å². The number of hydrogen-bond donors (Lipinski definition) is 0. The summed E-state index contributed by atoms with van der Waals surface area (Å²) < 4.78 is 17.9. The van der Waals surface area contributed by atoms with Gasteiger partial charge in [-0.05, 0) is 17.2 Å². The molecule has 2 atom stereocenters. The molecule has 6 rings (SSSR count). The molecule has 0 bridgehead atoms. The SMILES string of the molecule is [Pt+2].[c-]1c(Oc2[c-]c(C3=N[C@@H]4c5ccccc5C[C@@H]4O3)ccc2)cccc1Oc1ccccn1. The molecule has 0 unspecified atom stereocenters. The van der Waals surface area contributed by atoms with Crippen LogP contribution in [0.4, 0.5) is 0 Å². The summed E-state index contributed by atoms with van der Waals surface area (Å²) in [5.41, 5.74) is 3.34. The zero-order chi connectivity index (χ0) is 21.3. The topological polar surface area (TPSA) is 52.9 Å². The zero-order valence-electron chi connectivity index (χ0n) is 17.4. The average molecular weight is 614 g/mol. The first-order chi connectivity index (χ1) is 15.8. The predicted molar refractivity (Wildman–Crippen MR) is 119 cm³/mol. The Labute approximate surface area is 206 Å². The van der Waals surface area contributed by atoms with Crippen LogP contribution in [0, 0.1) is 12.1 Å². The number of ether oxygens (including phenoxy) is 3. The summed E-state index contributed by atoms with van der Waals surface area (Å²) in [5, 5.41) is 0. The number of hydrogen-bond acceptors (Lipinski definition) is 5. The molecule has 4 aromatic rings. The Morgan fingerprint density at radius 1 is 0.788 bits per heavy atom. The van der Waals surface area contributed by atoms with E-state index < -0.39 is 0 Å². The zero-order valence-corrected chi connectivity index (χ0v) is 19.7. The predicted octanol–water partition coefficient (Wildman–Crippen LogP) is 5.71. The molecule has 1 aliphatic heterocycles. The quantitative estimate of drug-likeness (QED) is 0.271. The molecule has 2 heterocycles. The molecule has 0 N–H and O–H groups in total. The number of fused-ring (bicyclic) bond motifs is 3. The van der Waals surface area contributed by atoms with Crippen LogP contribution in [0.1, 0.15) is 22.7 Å². The minimum Gasteiger partial charge on any atom is -0.514 e. The molecule has 0 fully saturated rings. The van der Waals surface area contributed by atoms with Gasteiger partial charge in [0.15, 0.2) is 0 Å². The summed E-state index contributed by atoms with van der Waals surface area (Å²) in [5.74, 6) is 2.70. The van der Waals surface area contributed by atoms with Crippen LogP contribution in [0.25, 0.3) is 0 Å². The number of nitrogens with zero attached hydrogens (tertiary/aromatic N) is 2. The van der Waals surface area contributed by atoms with E-state index in [1.807, 2.05) is 42.5 Å². The first kappa shape index (κ1) is 21.4. The van der Waals surface area contributed by atoms with Crippen molar-refractivity contribution in [1.29, 1.82) is 0 Å². The van der Waals surface area contributed by atoms with Gasteiger partial charge in [-0.15, -0.1) is 30.3 Å². The van der Waals surface area contributed by atoms with E-state index >= 15 is 0 Å². The van der Waals surface area contributed by atoms with E-state index in [2.05, 4.69) is 41.4 Å². The third-order valence-electron chi connectivity index (χ3n) is 5.48. The summed E-state index contributed by atoms with van der Waals surface area (Å²) in [4.78, 5) is 9.01. The molecule has 0 radical (unpaired) electrons. The number of aromatic nitrogens is 1. The first-order valence-electron chi connectivity index (χ1n) is 10.5. The molecule has 0 saturated carbocycles. The maximum Gasteiger partial charge on any atom is 2.00 e. The van der Waals surface area contributed by atoms with E-state index in [1.54, 1.807) is 18.3 Å². The maximum atomic E-state index is 6.17. The summed E-state index contributed by atoms with van der Waals surface area (Å²) in [7, 11) is 0. The molecular weight excluding hydrogens is 595 g/mol. The Morgan fingerprint density at radius 2 is 1.55 bits per heavy atom. The minimum atomic E-state index is 0. The van der Waals surface area contributed by atoms with Gasteiger partial charge >= 0.3 is 21.1 Å². The van der Waals surface area contributed by atoms with Gasteiger partial charge in [-0.25, -0.2) is 4.98 Å². The van der Waals surface area contributed by atoms with Crippen molar-refractivity contribution in [1.82, 2.24) is 4.98 Å². The molecule has 0 amide bonds. The molecule has 33 heavy (non-hydrogen) atoms. The van der Waals surface area contributed by atoms with Gasteiger partial charge in [0.1, 0.15) is 18.0 Å². The van der Waals surface area contributed by atoms with Crippen molar-refractivity contribution in [3.63, 3.8) is 0 Å². The Morgan fingerprint density at radius 3 is 2.39 bits per heavy atom. The van der Waals surface area contributed by atoms with Crippen molar-refractivity contribution in [3.8, 4) is 23.1 Å². The van der Waals surface area contributed by atoms with Gasteiger partial charge in [-0.1, -0.05) is 48.0 Å². The van der Waals surface area contributed by atoms with E-state index in [-0.39, 0.29) is 33.2 Å². The summed E-state index contributed by atoms with van der Waals surface area (Å²) in [6, 6.07) is 31.5. The van der Waals surface area contributed by atoms with Crippen LogP contribution in [0.3, 0.4) is 0 Å². The van der Waals surface area contributed by atoms with Gasteiger partial charge in [0.05, 0.1) is 0 Å². The molecule has 0 spiro atoms. The molecule has 1 aromatic heterocycles. The van der Waals surface area contributed by atoms with Gasteiger partial charge in [-0.3, -0.25) is 4.99 Å². The molecule has 164 valence electrons. The van der Waals surface area contributed by atoms with E-state index in [1.165, 1.54) is 11.1 Å². The Bertz CT molecular complexity index is 1310. The number of pyridine rings is 1. The third-order valence-corrected chi connectivity index (χ3v) is 5.48. The van der Waals surface area contributed by atoms with Crippen molar-refractivity contribution < 1.29 is 35.3 Å². The fourth-order valence-electron chi connectivity index (χ4n) is 4.05. The fourth-order valence-corrected chi connectivity index (χ4v) is 4.05. The van der Waals surface area contributed by atoms with Crippen molar-refractivity contribution in [2.75, 3.05) is 0 Å². The van der Waals surface area contributed by atoms with Gasteiger partial charge < -0.3 is 14.2 Å². The van der Waals surface area contributed by atoms with Crippen LogP contribution in [-0.4, -0.2) is 17.0 Å². The first-order valence-corrected chi connectivity index (χ1v) is 10.5. The number of rotatable bonds is 5. The molecular formula is C27H18N2O3Pt. The van der Waals surface area contributed by atoms with Crippen molar-refractivity contribution in [3.05, 3.63) is 114 Å². The molecule has 5 nitrogen and oxygen atoms in total. The number of benzene rings is 3. The maximum absolute atomic E-state index is 6.17. The second-order valence-electron chi connectivity index (χ2n) is 7.62. The molecule has 6 heteroatoms. The van der Waals surface area contributed by atoms with Crippen LogP contribution in [0.5, 0.6) is 23.1 Å². The van der Waals surface area contributed by atoms with E-state index in [0.717, 1.165) is 12.0 Å². The fraction of sp³-hybridized carbons (Fsp3) is 0.111. The summed E-state index contributed by atoms with van der Waals surface area (Å²) in [6.07, 6.45) is 2.60. The minimum absolute atomic E-state index is 0. The largest absolute Gasteiger partial charge is 2.00 e. The van der Waals surface area contributed by atoms with Crippen LogP contribution in [0.15, 0.2) is 90.1 Å². The van der Waals surface area contributed by atoms with Gasteiger partial charge in [0, 0.05) is 35.9 Å². The van der Waals surface area contributed by atoms with Crippen LogP contribution in [-0.2, 0) is 32.2 Å². The second-order valence-corrected chi connectivity index (χ2v) is 7.62. The molecule has 3 aromatic carbocycles. The molecule has 1 aliphatic carbocycles.